The van der Waals surface area contributed by atoms with E-state index >= 15 is 0 Å². The van der Waals surface area contributed by atoms with E-state index in [2.05, 4.69) is 22.2 Å². The smallest absolute Gasteiger partial charge is 0.308 e. The van der Waals surface area contributed by atoms with Crippen LogP contribution in [0.1, 0.15) is 18.9 Å². The molecule has 0 aliphatic carbocycles. The number of carbonyl (C=O) groups is 1. The van der Waals surface area contributed by atoms with Crippen LogP contribution in [0.15, 0.2) is 36.7 Å². The van der Waals surface area contributed by atoms with E-state index in [1.807, 2.05) is 18.2 Å². The van der Waals surface area contributed by atoms with E-state index in [0.29, 0.717) is 33.2 Å². The van der Waals surface area contributed by atoms with Crippen molar-refractivity contribution in [1.29, 1.82) is 0 Å². The molecule has 0 saturated carbocycles. The number of esters is 1. The van der Waals surface area contributed by atoms with Crippen LogP contribution in [0.3, 0.4) is 0 Å². The van der Waals surface area contributed by atoms with Crippen molar-refractivity contribution in [2.24, 2.45) is 0 Å². The number of fused-ring (bicyclic) bond motifs is 1. The Morgan fingerprint density at radius 3 is 2.74 bits per heavy atom. The minimum Gasteiger partial charge on any atom is -0.493 e. The van der Waals surface area contributed by atoms with Crippen molar-refractivity contribution in [2.75, 3.05) is 12.4 Å². The summed E-state index contributed by atoms with van der Waals surface area (Å²) in [7, 11) is 1.51. The number of nitrogens with zero attached hydrogens (tertiary/aromatic N) is 2. The molecule has 0 fully saturated rings. The first kappa shape index (κ1) is 18.9. The standard InChI is InChI=1S/C20H19ClN3O3/c1-4-5-13-6-7-14(21)8-16(13)24-20-15-9-19(27-12(2)25)18(26-3)10-17(15)22-11-23-20/h6-11H,1,4-5H2,2-3H3,(H,22,23,24). The SMILES string of the molecule is [CH2]CCc1ccc(Cl)cc1Nc1ncnc2cc(OC)c(OC(C)=O)cc12. The minimum atomic E-state index is -0.438. The summed E-state index contributed by atoms with van der Waals surface area (Å²) < 4.78 is 10.6. The maximum absolute atomic E-state index is 11.4. The highest BCUT2D eigenvalue weighted by Gasteiger charge is 2.14. The van der Waals surface area contributed by atoms with Crippen molar-refractivity contribution in [2.45, 2.75) is 19.8 Å². The number of rotatable bonds is 6. The molecular weight excluding hydrogens is 366 g/mol. The van der Waals surface area contributed by atoms with Gasteiger partial charge in [-0.3, -0.25) is 4.79 Å². The Bertz CT molecular complexity index is 992. The maximum Gasteiger partial charge on any atom is 0.308 e. The quantitative estimate of drug-likeness (QED) is 0.489. The first-order valence-corrected chi connectivity index (χ1v) is 8.75. The molecule has 1 heterocycles. The summed E-state index contributed by atoms with van der Waals surface area (Å²) in [5.74, 6) is 0.859. The number of carbonyl (C=O) groups excluding carboxylic acids is 1. The number of hydrogen-bond donors (Lipinski definition) is 1. The largest absolute Gasteiger partial charge is 0.493 e. The number of nitrogens with one attached hydrogen (secondary N) is 1. The van der Waals surface area contributed by atoms with Crippen LogP contribution in [0.4, 0.5) is 11.5 Å². The Hall–Kier alpha value is -2.86. The summed E-state index contributed by atoms with van der Waals surface area (Å²) in [4.78, 5) is 20.0. The van der Waals surface area contributed by atoms with E-state index in [1.54, 1.807) is 12.1 Å². The van der Waals surface area contributed by atoms with Gasteiger partial charge in [0.15, 0.2) is 11.5 Å². The van der Waals surface area contributed by atoms with Crippen molar-refractivity contribution in [3.05, 3.63) is 54.2 Å². The van der Waals surface area contributed by atoms with E-state index in [1.165, 1.54) is 20.4 Å². The number of ether oxygens (including phenoxy) is 2. The number of hydrogen-bond acceptors (Lipinski definition) is 6. The van der Waals surface area contributed by atoms with Gasteiger partial charge in [-0.2, -0.15) is 0 Å². The lowest BCUT2D eigenvalue weighted by molar-refractivity contribution is -0.132. The molecule has 0 aliphatic rings. The van der Waals surface area contributed by atoms with Gasteiger partial charge in [-0.05, 0) is 36.6 Å². The van der Waals surface area contributed by atoms with E-state index in [4.69, 9.17) is 21.1 Å². The fourth-order valence-electron chi connectivity index (χ4n) is 2.76. The molecule has 1 N–H and O–H groups in total. The highest BCUT2D eigenvalue weighted by molar-refractivity contribution is 6.30. The highest BCUT2D eigenvalue weighted by atomic mass is 35.5. The number of methoxy groups -OCH3 is 1. The van der Waals surface area contributed by atoms with Gasteiger partial charge in [0.25, 0.3) is 0 Å². The monoisotopic (exact) mass is 384 g/mol. The van der Waals surface area contributed by atoms with Crippen molar-refractivity contribution in [3.63, 3.8) is 0 Å². The van der Waals surface area contributed by atoms with E-state index in [0.717, 1.165) is 24.1 Å². The minimum absolute atomic E-state index is 0.305. The average Bonchev–Trinajstić information content (AvgIpc) is 2.63. The van der Waals surface area contributed by atoms with Gasteiger partial charge in [-0.25, -0.2) is 9.97 Å². The number of benzene rings is 2. The van der Waals surface area contributed by atoms with E-state index < -0.39 is 5.97 Å². The van der Waals surface area contributed by atoms with Gasteiger partial charge in [-0.1, -0.05) is 24.6 Å². The van der Waals surface area contributed by atoms with Crippen molar-refractivity contribution in [3.8, 4) is 11.5 Å². The van der Waals surface area contributed by atoms with E-state index in [-0.39, 0.29) is 0 Å². The van der Waals surface area contributed by atoms with Crippen LogP contribution in [-0.2, 0) is 11.2 Å². The predicted molar refractivity (Wildman–Crippen MR) is 106 cm³/mol. The molecule has 0 aliphatic heterocycles. The molecule has 0 spiro atoms. The van der Waals surface area contributed by atoms with Gasteiger partial charge in [0.1, 0.15) is 12.1 Å². The third kappa shape index (κ3) is 4.28. The summed E-state index contributed by atoms with van der Waals surface area (Å²) in [6.07, 6.45) is 3.02. The summed E-state index contributed by atoms with van der Waals surface area (Å²) in [5, 5.41) is 4.62. The zero-order chi connectivity index (χ0) is 19.4. The van der Waals surface area contributed by atoms with Gasteiger partial charge in [-0.15, -0.1) is 0 Å². The molecule has 6 nitrogen and oxygen atoms in total. The molecule has 139 valence electrons. The molecule has 0 amide bonds. The van der Waals surface area contributed by atoms with Gasteiger partial charge >= 0.3 is 5.97 Å². The molecule has 0 saturated heterocycles. The second-order valence-electron chi connectivity index (χ2n) is 5.87. The molecule has 0 atom stereocenters. The summed E-state index contributed by atoms with van der Waals surface area (Å²) in [5.41, 5.74) is 2.58. The Balaban J connectivity index is 2.10. The third-order valence-corrected chi connectivity index (χ3v) is 4.18. The number of halogens is 1. The molecule has 27 heavy (non-hydrogen) atoms. The topological polar surface area (TPSA) is 73.3 Å². The maximum atomic E-state index is 11.4. The Morgan fingerprint density at radius 2 is 2.04 bits per heavy atom. The molecular formula is C20H19ClN3O3. The molecule has 7 heteroatoms. The van der Waals surface area contributed by atoms with Crippen molar-refractivity contribution in [1.82, 2.24) is 9.97 Å². The molecule has 3 rings (SSSR count). The first-order chi connectivity index (χ1) is 13.0. The number of aromatic nitrogens is 2. The van der Waals surface area contributed by atoms with Gasteiger partial charge in [0.2, 0.25) is 0 Å². The predicted octanol–water partition coefficient (Wildman–Crippen LogP) is 4.73. The second-order valence-corrected chi connectivity index (χ2v) is 6.30. The van der Waals surface area contributed by atoms with Crippen LogP contribution in [-0.4, -0.2) is 23.0 Å². The van der Waals surface area contributed by atoms with Gasteiger partial charge in [0.05, 0.1) is 12.6 Å². The number of aryl methyl sites for hydroxylation is 1. The second kappa shape index (κ2) is 8.22. The molecule has 2 aromatic carbocycles. The molecule has 1 aromatic heterocycles. The zero-order valence-electron chi connectivity index (χ0n) is 15.1. The Labute approximate surface area is 162 Å². The Kier molecular flexibility index (Phi) is 5.76. The summed E-state index contributed by atoms with van der Waals surface area (Å²) in [6, 6.07) is 9.04. The third-order valence-electron chi connectivity index (χ3n) is 3.95. The lowest BCUT2D eigenvalue weighted by Crippen LogP contribution is -2.04. The normalized spacial score (nSPS) is 10.7. The summed E-state index contributed by atoms with van der Waals surface area (Å²) >= 11 is 6.16. The van der Waals surface area contributed by atoms with Crippen molar-refractivity contribution >= 4 is 40.0 Å². The lowest BCUT2D eigenvalue weighted by Gasteiger charge is -2.14. The fraction of sp³-hybridized carbons (Fsp3) is 0.200. The highest BCUT2D eigenvalue weighted by Crippen LogP contribution is 2.35. The van der Waals surface area contributed by atoms with Crippen LogP contribution < -0.4 is 14.8 Å². The van der Waals surface area contributed by atoms with Crippen LogP contribution in [0.25, 0.3) is 10.9 Å². The van der Waals surface area contributed by atoms with Gasteiger partial charge < -0.3 is 14.8 Å². The number of anilines is 2. The van der Waals surface area contributed by atoms with E-state index in [9.17, 15) is 4.79 Å². The zero-order valence-corrected chi connectivity index (χ0v) is 15.8. The molecule has 0 unspecified atom stereocenters. The van der Waals surface area contributed by atoms with Crippen LogP contribution >= 0.6 is 11.6 Å². The first-order valence-electron chi connectivity index (χ1n) is 8.37. The van der Waals surface area contributed by atoms with Crippen LogP contribution in [0.5, 0.6) is 11.5 Å². The molecule has 1 radical (unpaired) electrons. The van der Waals surface area contributed by atoms with Gasteiger partial charge in [0, 0.05) is 29.1 Å². The van der Waals surface area contributed by atoms with Crippen LogP contribution in [0, 0.1) is 6.92 Å². The average molecular weight is 385 g/mol. The fourth-order valence-corrected chi connectivity index (χ4v) is 2.93. The molecule has 0 bridgehead atoms. The Morgan fingerprint density at radius 1 is 1.22 bits per heavy atom. The molecule has 3 aromatic rings. The van der Waals surface area contributed by atoms with Crippen LogP contribution in [0.2, 0.25) is 5.02 Å². The lowest BCUT2D eigenvalue weighted by atomic mass is 10.1. The van der Waals surface area contributed by atoms with Crippen molar-refractivity contribution < 1.29 is 14.3 Å². The summed E-state index contributed by atoms with van der Waals surface area (Å²) in [6.45, 7) is 5.25.